The van der Waals surface area contributed by atoms with Crippen LogP contribution in [0.25, 0.3) is 22.7 Å². The van der Waals surface area contributed by atoms with E-state index in [1.54, 1.807) is 106 Å². The number of aromatic carboxylic acids is 2. The highest BCUT2D eigenvalue weighted by Gasteiger charge is 2.20. The quantitative estimate of drug-likeness (QED) is 0.0504. The maximum Gasteiger partial charge on any atom is 0.488 e. The van der Waals surface area contributed by atoms with E-state index in [1.807, 2.05) is 97.1 Å². The van der Waals surface area contributed by atoms with Gasteiger partial charge in [-0.25, -0.2) is 42.7 Å². The van der Waals surface area contributed by atoms with Crippen molar-refractivity contribution in [3.8, 4) is 53.1 Å². The Morgan fingerprint density at radius 3 is 1.21 bits per heavy atom. The molecule has 452 valence electrons. The minimum absolute atomic E-state index is 0. The monoisotopic (exact) mass is 1210 g/mol. The molecule has 0 aliphatic carbocycles. The van der Waals surface area contributed by atoms with Gasteiger partial charge < -0.3 is 34.5 Å². The minimum atomic E-state index is -1.34. The van der Waals surface area contributed by atoms with Crippen LogP contribution in [0, 0.1) is 56.7 Å². The topological polar surface area (TPSA) is 397 Å². The molecule has 0 radical (unpaired) electrons. The first kappa shape index (κ1) is 69.6. The molecule has 5 aromatic carbocycles. The highest BCUT2D eigenvalue weighted by molar-refractivity contribution is 6.58. The van der Waals surface area contributed by atoms with Gasteiger partial charge in [0.15, 0.2) is 34.2 Å². The maximum absolute atomic E-state index is 11.8. The van der Waals surface area contributed by atoms with Gasteiger partial charge in [0.25, 0.3) is 0 Å². The Hall–Kier alpha value is -12.9. The Kier molecular flexibility index (Phi) is 27.9. The largest absolute Gasteiger partial charge is 0.488 e. The van der Waals surface area contributed by atoms with Crippen LogP contribution < -0.4 is 5.46 Å². The third-order valence-corrected chi connectivity index (χ3v) is 11.2. The summed E-state index contributed by atoms with van der Waals surface area (Å²) in [4.78, 5) is 59.8. The molecule has 0 saturated heterocycles. The molecule has 90 heavy (non-hydrogen) atoms. The van der Waals surface area contributed by atoms with Crippen LogP contribution in [0.2, 0.25) is 0 Å². The molecule has 0 spiro atoms. The van der Waals surface area contributed by atoms with Crippen LogP contribution in [0.4, 0.5) is 0 Å². The summed E-state index contributed by atoms with van der Waals surface area (Å²) in [6.07, 6.45) is 1.46. The Balaban J connectivity index is 0.000000233. The van der Waals surface area contributed by atoms with E-state index in [9.17, 15) is 24.0 Å². The molecule has 10 rings (SSSR count). The van der Waals surface area contributed by atoms with Gasteiger partial charge in [-0.15, -0.1) is 0 Å². The van der Waals surface area contributed by atoms with E-state index in [0.29, 0.717) is 40.4 Å². The first-order chi connectivity index (χ1) is 43.0. The van der Waals surface area contributed by atoms with Gasteiger partial charge in [-0.3, -0.25) is 4.99 Å². The van der Waals surface area contributed by atoms with E-state index < -0.39 is 31.0 Å². The number of nitrogens with zero attached hydrogens (tertiary/aromatic N) is 14. The number of aliphatic imine (C=N–C) groups is 1. The van der Waals surface area contributed by atoms with Crippen molar-refractivity contribution in [1.29, 1.82) is 26.3 Å². The van der Waals surface area contributed by atoms with Gasteiger partial charge in [-0.1, -0.05) is 111 Å². The van der Waals surface area contributed by atoms with Gasteiger partial charge >= 0.3 is 37.0 Å². The number of carbonyl (C=O) groups is 5. The predicted octanol–water partition coefficient (Wildman–Crippen LogP) is 7.18. The number of para-hydroxylation sites is 4. The molecule has 0 unspecified atom stereocenters. The molecule has 4 N–H and O–H groups in total. The molecule has 27 heteroatoms. The Morgan fingerprint density at radius 2 is 0.844 bits per heavy atom. The fourth-order valence-corrected chi connectivity index (χ4v) is 7.24. The smallest absolute Gasteiger partial charge is 0.477 e. The van der Waals surface area contributed by atoms with Crippen LogP contribution in [0.1, 0.15) is 92.9 Å². The number of carbonyl (C=O) groups excluding carboxylic acids is 3. The number of ether oxygens (including phenoxy) is 3. The second-order valence-electron chi connectivity index (χ2n) is 17.1. The predicted molar refractivity (Wildman–Crippen MR) is 325 cm³/mol. The van der Waals surface area contributed by atoms with Crippen molar-refractivity contribution < 1.29 is 58.4 Å². The Labute approximate surface area is 515 Å². The minimum Gasteiger partial charge on any atom is -0.477 e. The molecule has 1 aliphatic heterocycles. The molecular formula is C63H55BN14O12. The van der Waals surface area contributed by atoms with Crippen molar-refractivity contribution in [2.24, 2.45) is 4.99 Å². The van der Waals surface area contributed by atoms with Gasteiger partial charge in [-0.05, 0) is 80.8 Å². The maximum atomic E-state index is 11.8. The van der Waals surface area contributed by atoms with Gasteiger partial charge in [0.1, 0.15) is 47.4 Å². The summed E-state index contributed by atoms with van der Waals surface area (Å²) in [7, 11) is -1.34. The average Bonchev–Trinajstić information content (AvgIpc) is 2.32. The molecule has 1 aliphatic rings. The molecule has 26 nitrogen and oxygen atoms in total. The second-order valence-corrected chi connectivity index (χ2v) is 17.1. The van der Waals surface area contributed by atoms with Crippen LogP contribution in [0.3, 0.4) is 0 Å². The molecule has 0 fully saturated rings. The van der Waals surface area contributed by atoms with E-state index >= 15 is 0 Å². The van der Waals surface area contributed by atoms with Crippen molar-refractivity contribution in [3.63, 3.8) is 0 Å². The first-order valence-corrected chi connectivity index (χ1v) is 26.3. The second kappa shape index (κ2) is 36.1. The van der Waals surface area contributed by atoms with Crippen LogP contribution in [-0.4, -0.2) is 128 Å². The Bertz CT molecular complexity index is 4150. The van der Waals surface area contributed by atoms with E-state index in [4.69, 9.17) is 60.8 Å². The fraction of sp³-hybridized carbons (Fsp3) is 0.127. The molecule has 0 bridgehead atoms. The molecule has 0 atom stereocenters. The van der Waals surface area contributed by atoms with Crippen molar-refractivity contribution in [1.82, 2.24) is 39.1 Å². The van der Waals surface area contributed by atoms with Gasteiger partial charge in [0.05, 0.1) is 54.7 Å². The van der Waals surface area contributed by atoms with E-state index in [1.165, 1.54) is 49.1 Å². The third-order valence-electron chi connectivity index (χ3n) is 11.2. The molecule has 5 heterocycles. The lowest BCUT2D eigenvalue weighted by Gasteiger charge is -2.05. The van der Waals surface area contributed by atoms with Crippen molar-refractivity contribution in [2.75, 3.05) is 26.4 Å². The zero-order chi connectivity index (χ0) is 64.7. The summed E-state index contributed by atoms with van der Waals surface area (Å²) in [6.45, 7) is 6.35. The Morgan fingerprint density at radius 1 is 0.467 bits per heavy atom. The van der Waals surface area contributed by atoms with Crippen molar-refractivity contribution >= 4 is 48.1 Å². The van der Waals surface area contributed by atoms with Gasteiger partial charge in [0, 0.05) is 24.3 Å². The van der Waals surface area contributed by atoms with Gasteiger partial charge in [-0.2, -0.15) is 46.7 Å². The van der Waals surface area contributed by atoms with Crippen molar-refractivity contribution in [2.45, 2.75) is 28.2 Å². The number of hydrogen-bond acceptors (Lipinski definition) is 20. The molecule has 4 aromatic heterocycles. The van der Waals surface area contributed by atoms with Crippen LogP contribution in [0.15, 0.2) is 193 Å². The number of hydrogen-bond donors (Lipinski definition) is 4. The van der Waals surface area contributed by atoms with E-state index in [-0.39, 0.29) is 78.7 Å². The van der Waals surface area contributed by atoms with Crippen LogP contribution in [-0.2, 0) is 19.0 Å². The lowest BCUT2D eigenvalue weighted by molar-refractivity contribution is -0.138. The summed E-state index contributed by atoms with van der Waals surface area (Å²) < 4.78 is 19.9. The molecule has 9 aromatic rings. The lowest BCUT2D eigenvalue weighted by Crippen LogP contribution is -2.29. The first-order valence-electron chi connectivity index (χ1n) is 26.3. The summed E-state index contributed by atoms with van der Waals surface area (Å²) in [5, 5.41) is 94.7. The van der Waals surface area contributed by atoms with E-state index in [2.05, 4.69) is 25.4 Å². The number of allylic oxidation sites excluding steroid dienone is 1. The zero-order valence-corrected chi connectivity index (χ0v) is 47.5. The number of rotatable bonds is 13. The highest BCUT2D eigenvalue weighted by atomic mass is 16.5. The number of nitriles is 5. The molecular weight excluding hydrogens is 1160 g/mol. The van der Waals surface area contributed by atoms with E-state index in [0.717, 1.165) is 5.69 Å². The number of carboxylic acids is 2. The fourth-order valence-electron chi connectivity index (χ4n) is 7.24. The number of benzene rings is 5. The van der Waals surface area contributed by atoms with Crippen LogP contribution >= 0.6 is 0 Å². The summed E-state index contributed by atoms with van der Waals surface area (Å²) in [5.41, 5.74) is 4.96. The number of carboxylic acid groups (broad SMARTS) is 2. The molecule has 0 amide bonds. The number of aromatic nitrogens is 8. The SMILES string of the molecule is C.CCOC(=O)C1=CC(C#N)=NC1.CCOC(=O)c1cc(C#N)n(-c2ccccc2)n1.CCOC(=O)c1cc(C#N)nn1-c1ccccc1.N#Cc1cc(C(=O)O)n(-c2ccccc2)n1.N#Cc1cc(C(=O)O)nn1-c1ccccc1.OB(O)c1ccccc1. The summed E-state index contributed by atoms with van der Waals surface area (Å²) >= 11 is 0. The normalized spacial score (nSPS) is 10.2. The van der Waals surface area contributed by atoms with Crippen LogP contribution in [0.5, 0.6) is 0 Å². The molecule has 0 saturated carbocycles. The third kappa shape index (κ3) is 20.2. The summed E-state index contributed by atoms with van der Waals surface area (Å²) in [6, 6.07) is 59.5. The van der Waals surface area contributed by atoms with Crippen molar-refractivity contribution in [3.05, 3.63) is 233 Å². The summed E-state index contributed by atoms with van der Waals surface area (Å²) in [5.74, 6) is -3.66. The standard InChI is InChI=1S/2C13H11N3O2.2C11H7N3O2.C8H8N2O2.C6H7BO2.CH4/c1-2-18-13(17)12-8-10(9-14)15-16(12)11-6-4-3-5-7-11;1-2-18-13(17)12-8-11(9-14)16(15-12)10-6-4-3-5-7-10;12-7-8-6-10(11(15)16)14(13-8)9-4-2-1-3-5-9;12-7-9-6-10(11(15)16)13-14(9)8-4-2-1-3-5-8;1-2-12-8(11)6-3-7(4-9)10-5-6;8-7(9)6-4-2-1-3-5-6;/h2*3-8H,2H2,1H3;2*1-6H,(H,15,16);3H,2,5H2,1H3;1-5,8-9H;1H4. The number of esters is 3. The van der Waals surface area contributed by atoms with Gasteiger partial charge in [0.2, 0.25) is 0 Å². The lowest BCUT2D eigenvalue weighted by atomic mass is 9.81. The average molecular weight is 1210 g/mol. The zero-order valence-electron chi connectivity index (χ0n) is 47.5. The highest BCUT2D eigenvalue weighted by Crippen LogP contribution is 2.17.